The molecule has 4 nitrogen and oxygen atoms in total. The molecular weight excluding hydrogens is 293 g/mol. The van der Waals surface area contributed by atoms with Crippen LogP contribution in [-0.4, -0.2) is 23.7 Å². The summed E-state index contributed by atoms with van der Waals surface area (Å²) < 4.78 is 18.9. The van der Waals surface area contributed by atoms with Gasteiger partial charge in [-0.2, -0.15) is 0 Å². The molecule has 2 heterocycles. The number of carbonyl (C=O) groups excluding carboxylic acids is 1. The van der Waals surface area contributed by atoms with Crippen molar-refractivity contribution in [3.8, 4) is 5.06 Å². The van der Waals surface area contributed by atoms with E-state index >= 15 is 0 Å². The van der Waals surface area contributed by atoms with Gasteiger partial charge in [-0.1, -0.05) is 11.3 Å². The highest BCUT2D eigenvalue weighted by Gasteiger charge is 2.33. The predicted octanol–water partition coefficient (Wildman–Crippen LogP) is 3.54. The SMILES string of the molecule is COc1ccc(C(=O)C2=C3[C]=C(C)N=C3CC(F)=C2O)s1. The fraction of sp³-hybridized carbons (Fsp3) is 0.200. The van der Waals surface area contributed by atoms with Crippen LogP contribution in [0.2, 0.25) is 0 Å². The van der Waals surface area contributed by atoms with Gasteiger partial charge < -0.3 is 9.84 Å². The van der Waals surface area contributed by atoms with Crippen molar-refractivity contribution >= 4 is 22.8 Å². The molecular formula is C15H11FNO3S. The first kappa shape index (κ1) is 13.8. The average molecular weight is 304 g/mol. The highest BCUT2D eigenvalue weighted by Crippen LogP contribution is 2.36. The number of aliphatic imine (C=N–C) groups is 1. The van der Waals surface area contributed by atoms with Gasteiger partial charge in [-0.05, 0) is 19.1 Å². The van der Waals surface area contributed by atoms with Crippen LogP contribution in [0.3, 0.4) is 0 Å². The van der Waals surface area contributed by atoms with Crippen LogP contribution >= 0.6 is 11.3 Å². The van der Waals surface area contributed by atoms with Crippen LogP contribution in [0.1, 0.15) is 23.0 Å². The zero-order chi connectivity index (χ0) is 15.1. The highest BCUT2D eigenvalue weighted by molar-refractivity contribution is 7.16. The lowest BCUT2D eigenvalue weighted by molar-refractivity contribution is 0.103. The van der Waals surface area contributed by atoms with Crippen molar-refractivity contribution in [3.05, 3.63) is 51.5 Å². The van der Waals surface area contributed by atoms with E-state index < -0.39 is 17.4 Å². The summed E-state index contributed by atoms with van der Waals surface area (Å²) in [4.78, 5) is 17.1. The minimum atomic E-state index is -0.749. The van der Waals surface area contributed by atoms with Crippen molar-refractivity contribution in [2.24, 2.45) is 4.99 Å². The summed E-state index contributed by atoms with van der Waals surface area (Å²) in [7, 11) is 1.50. The molecule has 107 valence electrons. The molecule has 0 aromatic carbocycles. The highest BCUT2D eigenvalue weighted by atomic mass is 32.1. The topological polar surface area (TPSA) is 58.9 Å². The van der Waals surface area contributed by atoms with Gasteiger partial charge in [0.05, 0.1) is 23.3 Å². The Balaban J connectivity index is 2.11. The van der Waals surface area contributed by atoms with Crippen LogP contribution in [0.25, 0.3) is 0 Å². The first-order valence-corrected chi connectivity index (χ1v) is 7.02. The number of Topliss-reactive ketones (excluding diaryl/α,β-unsaturated/α-hetero) is 1. The van der Waals surface area contributed by atoms with Crippen LogP contribution in [0.5, 0.6) is 5.06 Å². The van der Waals surface area contributed by atoms with E-state index in [-0.39, 0.29) is 12.0 Å². The van der Waals surface area contributed by atoms with Crippen molar-refractivity contribution in [3.63, 3.8) is 0 Å². The average Bonchev–Trinajstić information content (AvgIpc) is 3.05. The quantitative estimate of drug-likeness (QED) is 0.869. The third-order valence-electron chi connectivity index (χ3n) is 3.20. The Kier molecular flexibility index (Phi) is 3.25. The number of aliphatic hydroxyl groups excluding tert-OH is 1. The van der Waals surface area contributed by atoms with Crippen molar-refractivity contribution in [1.29, 1.82) is 0 Å². The van der Waals surface area contributed by atoms with Crippen molar-refractivity contribution in [2.45, 2.75) is 13.3 Å². The molecule has 0 saturated carbocycles. The molecule has 0 unspecified atom stereocenters. The maximum absolute atomic E-state index is 13.8. The minimum absolute atomic E-state index is 0.0844. The molecule has 21 heavy (non-hydrogen) atoms. The molecule has 1 aromatic heterocycles. The molecule has 0 bridgehead atoms. The molecule has 1 aliphatic carbocycles. The number of hydrogen-bond acceptors (Lipinski definition) is 5. The number of ketones is 1. The van der Waals surface area contributed by atoms with Crippen LogP contribution in [0.15, 0.2) is 45.6 Å². The molecule has 0 atom stereocenters. The molecule has 1 radical (unpaired) electrons. The number of hydrogen-bond donors (Lipinski definition) is 1. The fourth-order valence-electron chi connectivity index (χ4n) is 2.25. The van der Waals surface area contributed by atoms with Gasteiger partial charge >= 0.3 is 0 Å². The Labute approximate surface area is 124 Å². The first-order valence-electron chi connectivity index (χ1n) is 6.20. The van der Waals surface area contributed by atoms with E-state index in [1.165, 1.54) is 7.11 Å². The summed E-state index contributed by atoms with van der Waals surface area (Å²) in [6.45, 7) is 1.71. The zero-order valence-corrected chi connectivity index (χ0v) is 12.2. The zero-order valence-electron chi connectivity index (χ0n) is 11.4. The summed E-state index contributed by atoms with van der Waals surface area (Å²) in [5.41, 5.74) is 1.29. The summed E-state index contributed by atoms with van der Waals surface area (Å²) in [6.07, 6.45) is 2.80. The summed E-state index contributed by atoms with van der Waals surface area (Å²) in [5.74, 6) is -1.83. The molecule has 2 aliphatic rings. The second-order valence-electron chi connectivity index (χ2n) is 4.60. The number of methoxy groups -OCH3 is 1. The Morgan fingerprint density at radius 1 is 1.52 bits per heavy atom. The normalized spacial score (nSPS) is 17.7. The number of nitrogens with zero attached hydrogens (tertiary/aromatic N) is 1. The minimum Gasteiger partial charge on any atom is -0.505 e. The number of halogens is 1. The van der Waals surface area contributed by atoms with Crippen LogP contribution in [-0.2, 0) is 0 Å². The number of fused-ring (bicyclic) bond motifs is 1. The number of carbonyl (C=O) groups is 1. The van der Waals surface area contributed by atoms with E-state index in [1.54, 1.807) is 19.1 Å². The first-order chi connectivity index (χ1) is 10.0. The lowest BCUT2D eigenvalue weighted by Crippen LogP contribution is -2.17. The molecule has 0 saturated heterocycles. The Morgan fingerprint density at radius 2 is 2.29 bits per heavy atom. The summed E-state index contributed by atoms with van der Waals surface area (Å²) >= 11 is 1.14. The van der Waals surface area contributed by atoms with E-state index in [2.05, 4.69) is 11.1 Å². The molecule has 6 heteroatoms. The number of allylic oxidation sites excluding steroid dienone is 5. The third kappa shape index (κ3) is 2.21. The maximum Gasteiger partial charge on any atom is 0.207 e. The van der Waals surface area contributed by atoms with Crippen molar-refractivity contribution in [2.75, 3.05) is 7.11 Å². The number of ether oxygens (including phenoxy) is 1. The summed E-state index contributed by atoms with van der Waals surface area (Å²) in [6, 6.07) is 3.24. The van der Waals surface area contributed by atoms with Gasteiger partial charge in [0.15, 0.2) is 10.8 Å². The summed E-state index contributed by atoms with van der Waals surface area (Å²) in [5, 5.41) is 10.5. The Morgan fingerprint density at radius 3 is 2.95 bits per heavy atom. The Hall–Kier alpha value is -2.21. The van der Waals surface area contributed by atoms with Gasteiger partial charge in [-0.25, -0.2) is 4.39 Å². The number of aliphatic hydroxyl groups is 1. The van der Waals surface area contributed by atoms with E-state index in [9.17, 15) is 14.3 Å². The maximum atomic E-state index is 13.8. The van der Waals surface area contributed by atoms with Gasteiger partial charge in [0.2, 0.25) is 5.78 Å². The lowest BCUT2D eigenvalue weighted by Gasteiger charge is -2.15. The van der Waals surface area contributed by atoms with Gasteiger partial charge in [0, 0.05) is 23.8 Å². The molecule has 0 spiro atoms. The van der Waals surface area contributed by atoms with Crippen LogP contribution in [0, 0.1) is 6.08 Å². The molecule has 3 rings (SSSR count). The van der Waals surface area contributed by atoms with Crippen LogP contribution < -0.4 is 4.74 Å². The molecule has 0 fully saturated rings. The van der Waals surface area contributed by atoms with Crippen LogP contribution in [0.4, 0.5) is 4.39 Å². The van der Waals surface area contributed by atoms with Gasteiger partial charge in [-0.3, -0.25) is 9.79 Å². The van der Waals surface area contributed by atoms with E-state index in [4.69, 9.17) is 4.74 Å². The molecule has 1 N–H and O–H groups in total. The van der Waals surface area contributed by atoms with Gasteiger partial charge in [0.1, 0.15) is 5.83 Å². The number of rotatable bonds is 3. The van der Waals surface area contributed by atoms with Crippen molar-refractivity contribution < 1.29 is 19.0 Å². The molecule has 1 aliphatic heterocycles. The predicted molar refractivity (Wildman–Crippen MR) is 77.5 cm³/mol. The van der Waals surface area contributed by atoms with E-state index in [0.29, 0.717) is 26.9 Å². The second-order valence-corrected chi connectivity index (χ2v) is 5.65. The molecule has 0 amide bonds. The second kappa shape index (κ2) is 4.96. The van der Waals surface area contributed by atoms with Crippen molar-refractivity contribution in [1.82, 2.24) is 0 Å². The lowest BCUT2D eigenvalue weighted by atomic mass is 9.91. The third-order valence-corrected chi connectivity index (χ3v) is 4.24. The monoisotopic (exact) mass is 304 g/mol. The van der Waals surface area contributed by atoms with E-state index in [1.807, 2.05) is 0 Å². The largest absolute Gasteiger partial charge is 0.505 e. The smallest absolute Gasteiger partial charge is 0.207 e. The number of thiophene rings is 1. The fourth-order valence-corrected chi connectivity index (χ4v) is 3.02. The van der Waals surface area contributed by atoms with E-state index in [0.717, 1.165) is 11.3 Å². The van der Waals surface area contributed by atoms with Gasteiger partial charge in [0.25, 0.3) is 0 Å². The van der Waals surface area contributed by atoms with Gasteiger partial charge in [-0.15, -0.1) is 0 Å². The Bertz CT molecular complexity index is 768. The molecule has 1 aromatic rings. The standard InChI is InChI=1S/C15H11FNO3S/c1-7-5-8-10(17-7)6-9(16)14(18)13(8)15(19)11-3-4-12(20-2)21-11/h3-4,18H,6H2,1-2H3.